The van der Waals surface area contributed by atoms with Gasteiger partial charge in [-0.3, -0.25) is 9.69 Å². The van der Waals surface area contributed by atoms with Gasteiger partial charge in [0.1, 0.15) is 0 Å². The number of rotatable bonds is 6. The SMILES string of the molecule is CSc1ccc2nc(N(CCN(C)C)C(=O)c3ccc(C#N)cc3)sc2c1.Cl. The summed E-state index contributed by atoms with van der Waals surface area (Å²) in [5.41, 5.74) is 1.99. The van der Waals surface area contributed by atoms with Crippen molar-refractivity contribution in [1.82, 2.24) is 9.88 Å². The van der Waals surface area contributed by atoms with Gasteiger partial charge in [-0.15, -0.1) is 24.2 Å². The first-order valence-corrected chi connectivity index (χ1v) is 10.5. The van der Waals surface area contributed by atoms with Crippen molar-refractivity contribution in [3.8, 4) is 6.07 Å². The largest absolute Gasteiger partial charge is 0.308 e. The molecule has 1 heterocycles. The first kappa shape index (κ1) is 22.2. The Kier molecular flexibility index (Phi) is 7.84. The van der Waals surface area contributed by atoms with Crippen LogP contribution in [0.15, 0.2) is 47.4 Å². The van der Waals surface area contributed by atoms with Crippen molar-refractivity contribution < 1.29 is 4.79 Å². The van der Waals surface area contributed by atoms with E-state index in [9.17, 15) is 4.79 Å². The second-order valence-electron chi connectivity index (χ2n) is 6.28. The number of carbonyl (C=O) groups is 1. The number of fused-ring (bicyclic) bond motifs is 1. The van der Waals surface area contributed by atoms with Crippen molar-refractivity contribution in [3.63, 3.8) is 0 Å². The highest BCUT2D eigenvalue weighted by Crippen LogP contribution is 2.32. The fraction of sp³-hybridized carbons (Fsp3) is 0.250. The standard InChI is InChI=1S/C20H20N4OS2.ClH/c1-23(2)10-11-24(19(25)15-6-4-14(13-21)5-7-15)20-22-17-9-8-16(26-3)12-18(17)27-20;/h4-9,12H,10-11H2,1-3H3;1H. The molecule has 5 nitrogen and oxygen atoms in total. The summed E-state index contributed by atoms with van der Waals surface area (Å²) >= 11 is 3.21. The minimum atomic E-state index is -0.106. The predicted molar refractivity (Wildman–Crippen MR) is 120 cm³/mol. The van der Waals surface area contributed by atoms with Crippen molar-refractivity contribution in [2.75, 3.05) is 38.3 Å². The van der Waals surface area contributed by atoms with Crippen molar-refractivity contribution in [2.45, 2.75) is 4.90 Å². The third kappa shape index (κ3) is 5.03. The van der Waals surface area contributed by atoms with E-state index < -0.39 is 0 Å². The number of nitriles is 1. The topological polar surface area (TPSA) is 60.2 Å². The molecule has 0 N–H and O–H groups in total. The summed E-state index contributed by atoms with van der Waals surface area (Å²) in [5, 5.41) is 9.66. The van der Waals surface area contributed by atoms with E-state index in [2.05, 4.69) is 12.1 Å². The molecule has 0 bridgehead atoms. The maximum atomic E-state index is 13.1. The lowest BCUT2D eigenvalue weighted by Gasteiger charge is -2.22. The molecule has 0 aliphatic heterocycles. The van der Waals surface area contributed by atoms with Gasteiger partial charge in [-0.2, -0.15) is 5.26 Å². The summed E-state index contributed by atoms with van der Waals surface area (Å²) < 4.78 is 1.07. The minimum Gasteiger partial charge on any atom is -0.308 e. The van der Waals surface area contributed by atoms with Gasteiger partial charge in [0.25, 0.3) is 5.91 Å². The Balaban J connectivity index is 0.00000280. The van der Waals surface area contributed by atoms with Gasteiger partial charge in [-0.05, 0) is 62.8 Å². The molecule has 0 saturated heterocycles. The van der Waals surface area contributed by atoms with Gasteiger partial charge in [0.2, 0.25) is 0 Å². The van der Waals surface area contributed by atoms with Gasteiger partial charge >= 0.3 is 0 Å². The van der Waals surface area contributed by atoms with Crippen LogP contribution in [0.3, 0.4) is 0 Å². The summed E-state index contributed by atoms with van der Waals surface area (Å²) in [5.74, 6) is -0.106. The van der Waals surface area contributed by atoms with Crippen LogP contribution in [-0.2, 0) is 0 Å². The normalized spacial score (nSPS) is 10.5. The van der Waals surface area contributed by atoms with E-state index in [4.69, 9.17) is 10.2 Å². The van der Waals surface area contributed by atoms with E-state index in [1.165, 1.54) is 16.2 Å². The van der Waals surface area contributed by atoms with Crippen molar-refractivity contribution in [1.29, 1.82) is 5.26 Å². The van der Waals surface area contributed by atoms with Gasteiger partial charge in [0.05, 0.1) is 21.8 Å². The summed E-state index contributed by atoms with van der Waals surface area (Å²) in [6.07, 6.45) is 2.04. The Labute approximate surface area is 179 Å². The number of thioether (sulfide) groups is 1. The second-order valence-corrected chi connectivity index (χ2v) is 8.17. The Morgan fingerprint density at radius 2 is 1.89 bits per heavy atom. The molecule has 0 aliphatic carbocycles. The average Bonchev–Trinajstić information content (AvgIpc) is 3.10. The summed E-state index contributed by atoms with van der Waals surface area (Å²) in [6.45, 7) is 1.27. The molecule has 3 rings (SSSR count). The number of amides is 1. The zero-order valence-corrected chi connectivity index (χ0v) is 18.3. The van der Waals surface area contributed by atoms with Gasteiger partial charge in [0.15, 0.2) is 5.13 Å². The van der Waals surface area contributed by atoms with Crippen molar-refractivity contribution >= 4 is 56.8 Å². The molecule has 0 atom stereocenters. The van der Waals surface area contributed by atoms with Gasteiger partial charge in [-0.25, -0.2) is 4.98 Å². The smallest absolute Gasteiger partial charge is 0.260 e. The Hall–Kier alpha value is -2.11. The maximum absolute atomic E-state index is 13.1. The number of hydrogen-bond acceptors (Lipinski definition) is 6. The van der Waals surface area contributed by atoms with Crippen LogP contribution in [0.1, 0.15) is 15.9 Å². The lowest BCUT2D eigenvalue weighted by Crippen LogP contribution is -2.36. The fourth-order valence-corrected chi connectivity index (χ4v) is 4.11. The number of anilines is 1. The van der Waals surface area contributed by atoms with Crippen molar-refractivity contribution in [2.24, 2.45) is 0 Å². The van der Waals surface area contributed by atoms with Crippen LogP contribution in [0, 0.1) is 11.3 Å². The van der Waals surface area contributed by atoms with Gasteiger partial charge < -0.3 is 4.90 Å². The zero-order valence-electron chi connectivity index (χ0n) is 15.9. The summed E-state index contributed by atoms with van der Waals surface area (Å²) in [4.78, 5) is 22.8. The number of likely N-dealkylation sites (N-methyl/N-ethyl adjacent to an activating group) is 1. The Morgan fingerprint density at radius 3 is 2.50 bits per heavy atom. The molecule has 1 amide bonds. The van der Waals surface area contributed by atoms with Gasteiger partial charge in [-0.1, -0.05) is 11.3 Å². The molecule has 0 aliphatic rings. The quantitative estimate of drug-likeness (QED) is 0.536. The monoisotopic (exact) mass is 432 g/mol. The highest BCUT2D eigenvalue weighted by molar-refractivity contribution is 7.98. The van der Waals surface area contributed by atoms with Crippen molar-refractivity contribution in [3.05, 3.63) is 53.6 Å². The highest BCUT2D eigenvalue weighted by atomic mass is 35.5. The first-order chi connectivity index (χ1) is 13.0. The van der Waals surface area contributed by atoms with Crippen LogP contribution < -0.4 is 4.90 Å². The molecule has 0 saturated carbocycles. The van der Waals surface area contributed by atoms with Crippen LogP contribution in [0.25, 0.3) is 10.2 Å². The molecule has 8 heteroatoms. The highest BCUT2D eigenvalue weighted by Gasteiger charge is 2.21. The number of carbonyl (C=O) groups excluding carboxylic acids is 1. The fourth-order valence-electron chi connectivity index (χ4n) is 2.56. The second kappa shape index (κ2) is 9.89. The Bertz CT molecular complexity index is 996. The molecule has 0 radical (unpaired) electrons. The van der Waals surface area contributed by atoms with E-state index in [0.717, 1.165) is 16.8 Å². The average molecular weight is 433 g/mol. The first-order valence-electron chi connectivity index (χ1n) is 8.43. The third-order valence-electron chi connectivity index (χ3n) is 4.09. The van der Waals surface area contributed by atoms with Gasteiger partial charge in [0, 0.05) is 23.5 Å². The molecule has 3 aromatic rings. The molecular weight excluding hydrogens is 412 g/mol. The van der Waals surface area contributed by atoms with E-state index in [0.29, 0.717) is 22.8 Å². The summed E-state index contributed by atoms with van der Waals surface area (Å²) in [7, 11) is 3.96. The van der Waals surface area contributed by atoms with E-state index in [-0.39, 0.29) is 18.3 Å². The molecule has 0 spiro atoms. The molecular formula is C20H21ClN4OS2. The van der Waals surface area contributed by atoms with E-state index >= 15 is 0 Å². The van der Waals surface area contributed by atoms with E-state index in [1.807, 2.05) is 37.4 Å². The van der Waals surface area contributed by atoms with Crippen LogP contribution in [-0.4, -0.2) is 49.2 Å². The van der Waals surface area contributed by atoms with Crippen LogP contribution >= 0.6 is 35.5 Å². The number of benzene rings is 2. The molecule has 0 fully saturated rings. The summed E-state index contributed by atoms with van der Waals surface area (Å²) in [6, 6.07) is 15.0. The number of aromatic nitrogens is 1. The third-order valence-corrected chi connectivity index (χ3v) is 5.86. The zero-order chi connectivity index (χ0) is 19.4. The number of nitrogens with zero attached hydrogens (tertiary/aromatic N) is 4. The number of hydrogen-bond donors (Lipinski definition) is 0. The van der Waals surface area contributed by atoms with Crippen LogP contribution in [0.4, 0.5) is 5.13 Å². The molecule has 0 unspecified atom stereocenters. The van der Waals surface area contributed by atoms with E-state index in [1.54, 1.807) is 40.9 Å². The maximum Gasteiger partial charge on any atom is 0.260 e. The molecule has 2 aromatic carbocycles. The Morgan fingerprint density at radius 1 is 1.18 bits per heavy atom. The van der Waals surface area contributed by atoms with Crippen LogP contribution in [0.2, 0.25) is 0 Å². The lowest BCUT2D eigenvalue weighted by atomic mass is 10.1. The molecule has 28 heavy (non-hydrogen) atoms. The molecule has 146 valence electrons. The number of halogens is 1. The predicted octanol–water partition coefficient (Wildman–Crippen LogP) is 4.52. The van der Waals surface area contributed by atoms with Crippen LogP contribution in [0.5, 0.6) is 0 Å². The molecule has 1 aromatic heterocycles. The minimum absolute atomic E-state index is 0. The number of thiazole rings is 1. The lowest BCUT2D eigenvalue weighted by molar-refractivity contribution is 0.0985.